The van der Waals surface area contributed by atoms with Crippen molar-refractivity contribution >= 4 is 23.2 Å². The highest BCUT2D eigenvalue weighted by Gasteiger charge is 2.08. The van der Waals surface area contributed by atoms with E-state index >= 15 is 0 Å². The normalized spacial score (nSPS) is 11.8. The minimum atomic E-state index is 0.862. The Morgan fingerprint density at radius 1 is 0.676 bits per heavy atom. The second-order valence-corrected chi connectivity index (χ2v) is 9.76. The monoisotopic (exact) mass is 462 g/mol. The molecule has 3 rings (SSSR count). The first kappa shape index (κ1) is 26.3. The van der Waals surface area contributed by atoms with Gasteiger partial charge in [0, 0.05) is 6.54 Å². The number of aryl methyl sites for hydroxylation is 1. The highest BCUT2D eigenvalue weighted by atomic mass is 16.3. The molecule has 0 fully saturated rings. The van der Waals surface area contributed by atoms with Crippen LogP contribution in [0, 0.1) is 0 Å². The van der Waals surface area contributed by atoms with E-state index in [1.807, 2.05) is 18.2 Å². The van der Waals surface area contributed by atoms with Crippen LogP contribution in [0.4, 0.5) is 0 Å². The van der Waals surface area contributed by atoms with E-state index in [4.69, 9.17) is 9.40 Å². The fourth-order valence-corrected chi connectivity index (χ4v) is 4.82. The van der Waals surface area contributed by atoms with Crippen LogP contribution in [0.25, 0.3) is 23.2 Å². The van der Waals surface area contributed by atoms with Crippen LogP contribution in [-0.2, 0) is 6.54 Å². The van der Waals surface area contributed by atoms with Crippen LogP contribution in [0.5, 0.6) is 0 Å². The number of imidazole rings is 1. The summed E-state index contributed by atoms with van der Waals surface area (Å²) < 4.78 is 7.80. The van der Waals surface area contributed by atoms with E-state index in [1.54, 1.807) is 6.26 Å². The van der Waals surface area contributed by atoms with Crippen LogP contribution in [0.3, 0.4) is 0 Å². The number of hydrogen-bond acceptors (Lipinski definition) is 2. The Kier molecular flexibility index (Phi) is 12.7. The first-order valence-corrected chi connectivity index (χ1v) is 14.1. The van der Waals surface area contributed by atoms with E-state index in [1.165, 1.54) is 108 Å². The van der Waals surface area contributed by atoms with Crippen LogP contribution in [0.15, 0.2) is 47.1 Å². The predicted octanol–water partition coefficient (Wildman–Crippen LogP) is 10.1. The maximum Gasteiger partial charge on any atom is 0.133 e. The van der Waals surface area contributed by atoms with Crippen LogP contribution in [0.1, 0.15) is 121 Å². The second-order valence-electron chi connectivity index (χ2n) is 9.76. The molecule has 0 radical (unpaired) electrons. The molecule has 0 spiro atoms. The van der Waals surface area contributed by atoms with Crippen molar-refractivity contribution in [1.82, 2.24) is 9.55 Å². The predicted molar refractivity (Wildman–Crippen MR) is 147 cm³/mol. The van der Waals surface area contributed by atoms with Crippen molar-refractivity contribution in [2.24, 2.45) is 0 Å². The van der Waals surface area contributed by atoms with Crippen molar-refractivity contribution in [2.45, 2.75) is 116 Å². The quantitative estimate of drug-likeness (QED) is 0.166. The molecular weight excluding hydrogens is 416 g/mol. The fraction of sp³-hybridized carbons (Fsp3) is 0.581. The molecular formula is C31H46N2O. The molecule has 0 aliphatic heterocycles. The average Bonchev–Trinajstić information content (AvgIpc) is 3.50. The topological polar surface area (TPSA) is 31.0 Å². The van der Waals surface area contributed by atoms with E-state index in [0.29, 0.717) is 0 Å². The van der Waals surface area contributed by atoms with Crippen molar-refractivity contribution in [3.8, 4) is 0 Å². The van der Waals surface area contributed by atoms with E-state index in [2.05, 4.69) is 41.8 Å². The van der Waals surface area contributed by atoms with E-state index in [9.17, 15) is 0 Å². The maximum atomic E-state index is 5.44. The van der Waals surface area contributed by atoms with Gasteiger partial charge in [0.2, 0.25) is 0 Å². The van der Waals surface area contributed by atoms with Gasteiger partial charge in [-0.15, -0.1) is 0 Å². The van der Waals surface area contributed by atoms with Crippen LogP contribution in [-0.4, -0.2) is 9.55 Å². The Morgan fingerprint density at radius 3 is 1.85 bits per heavy atom. The summed E-state index contributed by atoms with van der Waals surface area (Å²) in [7, 11) is 0. The van der Waals surface area contributed by atoms with Crippen LogP contribution >= 0.6 is 0 Å². The summed E-state index contributed by atoms with van der Waals surface area (Å²) in [6.07, 6.45) is 28.2. The lowest BCUT2D eigenvalue weighted by atomic mass is 10.0. The molecule has 2 aromatic heterocycles. The highest BCUT2D eigenvalue weighted by Crippen LogP contribution is 2.20. The summed E-state index contributed by atoms with van der Waals surface area (Å²) in [4.78, 5) is 4.84. The molecule has 186 valence electrons. The molecule has 0 atom stereocenters. The van der Waals surface area contributed by atoms with E-state index in [0.717, 1.165) is 23.6 Å². The molecule has 2 heterocycles. The summed E-state index contributed by atoms with van der Waals surface area (Å²) in [5, 5.41) is 0. The number of rotatable bonds is 19. The second kappa shape index (κ2) is 16.4. The van der Waals surface area contributed by atoms with Crippen molar-refractivity contribution in [3.05, 3.63) is 54.2 Å². The minimum absolute atomic E-state index is 0.862. The Labute approximate surface area is 207 Å². The fourth-order valence-electron chi connectivity index (χ4n) is 4.82. The summed E-state index contributed by atoms with van der Waals surface area (Å²) >= 11 is 0. The summed E-state index contributed by atoms with van der Waals surface area (Å²) in [6.45, 7) is 3.32. The summed E-state index contributed by atoms with van der Waals surface area (Å²) in [5.74, 6) is 1.87. The molecule has 0 aliphatic carbocycles. The molecule has 3 nitrogen and oxygen atoms in total. The third kappa shape index (κ3) is 9.52. The van der Waals surface area contributed by atoms with Gasteiger partial charge in [-0.05, 0) is 42.8 Å². The van der Waals surface area contributed by atoms with Gasteiger partial charge in [0.25, 0.3) is 0 Å². The average molecular weight is 463 g/mol. The number of benzene rings is 1. The number of unbranched alkanes of at least 4 members (excludes halogenated alkanes) is 15. The third-order valence-corrected chi connectivity index (χ3v) is 6.86. The first-order valence-electron chi connectivity index (χ1n) is 14.1. The minimum Gasteiger partial charge on any atom is -0.465 e. The molecule has 3 aromatic rings. The van der Waals surface area contributed by atoms with Crippen molar-refractivity contribution < 1.29 is 4.42 Å². The first-order chi connectivity index (χ1) is 16.9. The highest BCUT2D eigenvalue weighted by molar-refractivity contribution is 5.79. The molecule has 34 heavy (non-hydrogen) atoms. The lowest BCUT2D eigenvalue weighted by molar-refractivity contribution is 0.522. The largest absolute Gasteiger partial charge is 0.465 e. The number of fused-ring (bicyclic) bond motifs is 1. The molecule has 0 saturated heterocycles. The molecule has 0 saturated carbocycles. The zero-order valence-corrected chi connectivity index (χ0v) is 21.5. The van der Waals surface area contributed by atoms with Gasteiger partial charge in [0.1, 0.15) is 11.6 Å². The Balaban J connectivity index is 1.26. The molecule has 0 aliphatic rings. The molecule has 0 unspecified atom stereocenters. The number of hydrogen-bond donors (Lipinski definition) is 0. The molecule has 0 N–H and O–H groups in total. The van der Waals surface area contributed by atoms with E-state index < -0.39 is 0 Å². The zero-order valence-electron chi connectivity index (χ0n) is 21.5. The van der Waals surface area contributed by atoms with E-state index in [-0.39, 0.29) is 0 Å². The molecule has 1 aromatic carbocycles. The van der Waals surface area contributed by atoms with Crippen molar-refractivity contribution in [2.75, 3.05) is 0 Å². The van der Waals surface area contributed by atoms with Crippen molar-refractivity contribution in [3.63, 3.8) is 0 Å². The lowest BCUT2D eigenvalue weighted by Gasteiger charge is -2.07. The van der Waals surface area contributed by atoms with Gasteiger partial charge in [-0.1, -0.05) is 115 Å². The maximum absolute atomic E-state index is 5.44. The van der Waals surface area contributed by atoms with Crippen LogP contribution in [0.2, 0.25) is 0 Å². The third-order valence-electron chi connectivity index (χ3n) is 6.86. The Hall–Kier alpha value is -2.29. The SMILES string of the molecule is CCCCCCCCCCCCCCCCCCn1c(/C=C/c2ccco2)nc2ccccc21. The molecule has 3 heteroatoms. The van der Waals surface area contributed by atoms with Gasteiger partial charge in [0.05, 0.1) is 17.3 Å². The van der Waals surface area contributed by atoms with Crippen molar-refractivity contribution in [1.29, 1.82) is 0 Å². The van der Waals surface area contributed by atoms with Crippen LogP contribution < -0.4 is 0 Å². The Morgan fingerprint density at radius 2 is 1.26 bits per heavy atom. The van der Waals surface area contributed by atoms with Gasteiger partial charge >= 0.3 is 0 Å². The summed E-state index contributed by atoms with van der Waals surface area (Å²) in [5.41, 5.74) is 2.29. The lowest BCUT2D eigenvalue weighted by Crippen LogP contribution is -2.00. The van der Waals surface area contributed by atoms with Gasteiger partial charge < -0.3 is 8.98 Å². The molecule has 0 amide bonds. The number of nitrogens with zero attached hydrogens (tertiary/aromatic N) is 2. The number of para-hydroxylation sites is 2. The van der Waals surface area contributed by atoms with Gasteiger partial charge in [-0.2, -0.15) is 0 Å². The molecule has 0 bridgehead atoms. The zero-order chi connectivity index (χ0) is 23.7. The standard InChI is InChI=1S/C31H46N2O/c1-2-3-4-5-6-7-8-9-10-11-12-13-14-15-16-19-26-33-30-23-18-17-22-29(30)32-31(33)25-24-28-21-20-27-34-28/h17-18,20-25,27H,2-16,19,26H2,1H3/b25-24+. The number of aromatic nitrogens is 2. The Bertz CT molecular complexity index is 922. The number of furan rings is 1. The van der Waals surface area contributed by atoms with Gasteiger partial charge in [-0.3, -0.25) is 0 Å². The van der Waals surface area contributed by atoms with Gasteiger partial charge in [0.15, 0.2) is 0 Å². The smallest absolute Gasteiger partial charge is 0.133 e. The summed E-state index contributed by atoms with van der Waals surface area (Å²) in [6, 6.07) is 12.3. The van der Waals surface area contributed by atoms with Gasteiger partial charge in [-0.25, -0.2) is 4.98 Å².